The molecule has 0 aromatic heterocycles. The topological polar surface area (TPSA) is 244 Å². The van der Waals surface area contributed by atoms with E-state index in [1.807, 2.05) is 72.8 Å². The van der Waals surface area contributed by atoms with Crippen LogP contribution in [0, 0.1) is 20.2 Å². The molecule has 0 atom stereocenters. The molecule has 0 radical (unpaired) electrons. The highest BCUT2D eigenvalue weighted by Crippen LogP contribution is 2.28. The van der Waals surface area contributed by atoms with E-state index < -0.39 is 57.3 Å². The zero-order valence-electron chi connectivity index (χ0n) is 38.3. The third-order valence-electron chi connectivity index (χ3n) is 9.39. The molecular weight excluding hydrogens is 944 g/mol. The van der Waals surface area contributed by atoms with Crippen LogP contribution in [0.5, 0.6) is 0 Å². The Bertz CT molecular complexity index is 2630. The number of rotatable bonds is 19. The molecule has 0 amide bonds. The quantitative estimate of drug-likeness (QED) is 0.0241. The molecule has 0 spiro atoms. The number of ether oxygens (including phenoxy) is 6. The van der Waals surface area contributed by atoms with E-state index in [1.165, 1.54) is 24.3 Å². The number of nitro benzene ring substituents is 2. The van der Waals surface area contributed by atoms with E-state index in [4.69, 9.17) is 35.3 Å². The van der Waals surface area contributed by atoms with Crippen LogP contribution < -0.4 is 0 Å². The van der Waals surface area contributed by atoms with Gasteiger partial charge in [0.15, 0.2) is 5.92 Å². The molecule has 0 bridgehead atoms. The number of carbonyl (C=O) groups excluding carboxylic acids is 6. The molecule has 368 valence electrons. The molecule has 6 aromatic carbocycles. The number of hydrogen-bond donors (Lipinski definition) is 0. The average Bonchev–Trinajstić information content (AvgIpc) is 3.38. The minimum atomic E-state index is -1.57. The van der Waals surface area contributed by atoms with Gasteiger partial charge in [-0.15, -0.1) is 0 Å². The van der Waals surface area contributed by atoms with Gasteiger partial charge in [0, 0.05) is 17.2 Å². The second-order valence-electron chi connectivity index (χ2n) is 14.5. The number of carbonyl (C=O) groups is 6. The van der Waals surface area contributed by atoms with Gasteiger partial charge in [0.2, 0.25) is 0 Å². The zero-order valence-corrected chi connectivity index (χ0v) is 39.1. The fraction of sp³-hybridized carbons (Fsp3) is 0.192. The largest absolute Gasteiger partial charge is 0.462 e. The molecule has 6 aromatic rings. The van der Waals surface area contributed by atoms with Gasteiger partial charge in [0.25, 0.3) is 11.4 Å². The lowest BCUT2D eigenvalue weighted by molar-refractivity contribution is -0.385. The van der Waals surface area contributed by atoms with E-state index in [2.05, 4.69) is 4.74 Å². The molecule has 0 aliphatic rings. The first-order valence-corrected chi connectivity index (χ1v) is 21.9. The Kier molecular flexibility index (Phi) is 22.5. The van der Waals surface area contributed by atoms with Crippen molar-refractivity contribution in [2.75, 3.05) is 13.2 Å². The Morgan fingerprint density at radius 2 is 0.803 bits per heavy atom. The van der Waals surface area contributed by atoms with Crippen molar-refractivity contribution in [2.24, 2.45) is 0 Å². The molecule has 18 nitrogen and oxygen atoms in total. The van der Waals surface area contributed by atoms with Crippen LogP contribution in [0.2, 0.25) is 5.02 Å². The molecule has 71 heavy (non-hydrogen) atoms. The summed E-state index contributed by atoms with van der Waals surface area (Å²) in [7, 11) is 0. The third-order valence-corrected chi connectivity index (χ3v) is 9.62. The van der Waals surface area contributed by atoms with E-state index in [0.29, 0.717) is 11.1 Å². The zero-order chi connectivity index (χ0) is 51.5. The van der Waals surface area contributed by atoms with Gasteiger partial charge in [-0.05, 0) is 59.9 Å². The van der Waals surface area contributed by atoms with E-state index >= 15 is 0 Å². The fourth-order valence-corrected chi connectivity index (χ4v) is 6.17. The molecule has 0 aliphatic carbocycles. The maximum Gasteiger partial charge on any atom is 0.345 e. The van der Waals surface area contributed by atoms with Crippen LogP contribution >= 0.6 is 11.6 Å². The van der Waals surface area contributed by atoms with Gasteiger partial charge < -0.3 is 28.4 Å². The molecule has 0 N–H and O–H groups in total. The van der Waals surface area contributed by atoms with Crippen molar-refractivity contribution in [3.05, 3.63) is 222 Å². The summed E-state index contributed by atoms with van der Waals surface area (Å²) >= 11 is 5.64. The summed E-state index contributed by atoms with van der Waals surface area (Å²) < 4.78 is 30.3. The summed E-state index contributed by atoms with van der Waals surface area (Å²) in [5, 5.41) is 22.3. The Morgan fingerprint density at radius 1 is 0.465 bits per heavy atom. The highest BCUT2D eigenvalue weighted by molar-refractivity contribution is 6.31. The molecule has 0 saturated heterocycles. The molecule has 0 saturated carbocycles. The molecule has 0 aliphatic heterocycles. The fourth-order valence-electron chi connectivity index (χ4n) is 5.99. The Morgan fingerprint density at radius 3 is 1.15 bits per heavy atom. The highest BCUT2D eigenvalue weighted by atomic mass is 35.5. The maximum absolute atomic E-state index is 13.0. The van der Waals surface area contributed by atoms with Crippen molar-refractivity contribution < 1.29 is 67.0 Å². The summed E-state index contributed by atoms with van der Waals surface area (Å²) in [5.41, 5.74) is 1.84. The van der Waals surface area contributed by atoms with Gasteiger partial charge in [-0.25, -0.2) is 9.59 Å². The van der Waals surface area contributed by atoms with E-state index in [0.717, 1.165) is 23.3 Å². The van der Waals surface area contributed by atoms with E-state index in [1.54, 1.807) is 62.4 Å². The summed E-state index contributed by atoms with van der Waals surface area (Å²) in [6.07, 6.45) is -0.375. The van der Waals surface area contributed by atoms with Crippen molar-refractivity contribution >= 4 is 58.8 Å². The summed E-state index contributed by atoms with van der Waals surface area (Å²) in [6.45, 7) is 3.44. The van der Waals surface area contributed by atoms with Crippen LogP contribution in [0.15, 0.2) is 158 Å². The van der Waals surface area contributed by atoms with E-state index in [-0.39, 0.29) is 73.5 Å². The predicted molar refractivity (Wildman–Crippen MR) is 255 cm³/mol. The van der Waals surface area contributed by atoms with Crippen LogP contribution in [-0.2, 0) is 74.0 Å². The number of benzene rings is 6. The first-order valence-electron chi connectivity index (χ1n) is 21.6. The number of nitro groups is 2. The van der Waals surface area contributed by atoms with Crippen LogP contribution in [0.25, 0.3) is 0 Å². The summed E-state index contributed by atoms with van der Waals surface area (Å²) in [6, 6.07) is 43.4. The lowest BCUT2D eigenvalue weighted by Crippen LogP contribution is -2.26. The summed E-state index contributed by atoms with van der Waals surface area (Å²) in [5.74, 6) is -6.28. The lowest BCUT2D eigenvalue weighted by Gasteiger charge is -2.17. The Balaban J connectivity index is 0.000000257. The van der Waals surface area contributed by atoms with Gasteiger partial charge >= 0.3 is 35.8 Å². The van der Waals surface area contributed by atoms with Crippen molar-refractivity contribution in [3.8, 4) is 0 Å². The number of halogens is 1. The third kappa shape index (κ3) is 18.7. The van der Waals surface area contributed by atoms with Crippen LogP contribution in [0.1, 0.15) is 74.7 Å². The van der Waals surface area contributed by atoms with Crippen LogP contribution in [0.3, 0.4) is 0 Å². The predicted octanol–water partition coefficient (Wildman–Crippen LogP) is 9.63. The number of esters is 6. The van der Waals surface area contributed by atoms with Gasteiger partial charge in [-0.3, -0.25) is 39.4 Å². The standard InChI is InChI=1S/C26H23NO8.C17H16O4.C9H8ClNO4/c1-2-33-24(28)21-15-20(13-14-22(21)27(31)32)23(25(29)34-16-18-9-5-3-6-10-18)26(30)35-17-19-11-7-4-8-12-19;18-16(20-12-14-7-3-1-4-8-14)11-17(19)21-13-15-9-5-2-6-10-15;1-2-15-9(12)7-5-6(10)3-4-8(7)11(13)14/h3-15,23H,2,16-17H2,1H3;1-10H,11-13H2;3-5H,2H2,1H3. The van der Waals surface area contributed by atoms with Crippen LogP contribution in [-0.4, -0.2) is 58.9 Å². The molecule has 0 fully saturated rings. The monoisotopic (exact) mass is 990 g/mol. The normalized spacial score (nSPS) is 10.1. The van der Waals surface area contributed by atoms with Crippen molar-refractivity contribution in [1.29, 1.82) is 0 Å². The average molecular weight is 991 g/mol. The molecule has 0 heterocycles. The van der Waals surface area contributed by atoms with Crippen LogP contribution in [0.4, 0.5) is 11.4 Å². The first-order chi connectivity index (χ1) is 34.2. The minimum absolute atomic E-state index is 0.00905. The number of nitrogens with zero attached hydrogens (tertiary/aromatic N) is 2. The Hall–Kier alpha value is -8.77. The van der Waals surface area contributed by atoms with Crippen molar-refractivity contribution in [1.82, 2.24) is 0 Å². The van der Waals surface area contributed by atoms with Gasteiger partial charge in [0.1, 0.15) is 44.0 Å². The maximum atomic E-state index is 13.0. The molecule has 6 rings (SSSR count). The number of hydrogen-bond acceptors (Lipinski definition) is 16. The SMILES string of the molecule is CCOC(=O)c1cc(C(C(=O)OCc2ccccc2)C(=O)OCc2ccccc2)ccc1[N+](=O)[O-].CCOC(=O)c1cc(Cl)ccc1[N+](=O)[O-].O=C(CC(=O)OCc1ccccc1)OCc1ccccc1. The first kappa shape index (κ1) is 54.8. The highest BCUT2D eigenvalue weighted by Gasteiger charge is 2.34. The molecule has 19 heteroatoms. The van der Waals surface area contributed by atoms with Gasteiger partial charge in [0.05, 0.1) is 23.1 Å². The smallest absolute Gasteiger partial charge is 0.345 e. The second-order valence-corrected chi connectivity index (χ2v) is 14.9. The second kappa shape index (κ2) is 29.2. The van der Waals surface area contributed by atoms with Gasteiger partial charge in [-0.1, -0.05) is 139 Å². The molecule has 0 unspecified atom stereocenters. The van der Waals surface area contributed by atoms with E-state index in [9.17, 15) is 49.0 Å². The lowest BCUT2D eigenvalue weighted by atomic mass is 9.96. The molecular formula is C52H47ClN2O16. The van der Waals surface area contributed by atoms with Crippen molar-refractivity contribution in [3.63, 3.8) is 0 Å². The summed E-state index contributed by atoms with van der Waals surface area (Å²) in [4.78, 5) is 93.4. The minimum Gasteiger partial charge on any atom is -0.462 e. The Labute approximate surface area is 412 Å². The van der Waals surface area contributed by atoms with Gasteiger partial charge in [-0.2, -0.15) is 0 Å². The van der Waals surface area contributed by atoms with Crippen molar-refractivity contribution in [2.45, 2.75) is 52.6 Å².